The molecule has 0 bridgehead atoms. The maximum absolute atomic E-state index is 12.3. The summed E-state index contributed by atoms with van der Waals surface area (Å²) in [6, 6.07) is 17.3. The molecule has 0 aliphatic carbocycles. The van der Waals surface area contributed by atoms with Crippen molar-refractivity contribution < 1.29 is 9.53 Å². The van der Waals surface area contributed by atoms with Crippen LogP contribution < -0.4 is 15.4 Å². The summed E-state index contributed by atoms with van der Waals surface area (Å²) in [5, 5.41) is 6.32. The Morgan fingerprint density at radius 3 is 2.68 bits per heavy atom. The molecular formula is C20H25N3O2. The summed E-state index contributed by atoms with van der Waals surface area (Å²) in [6.45, 7) is 6.17. The smallest absolute Gasteiger partial charge is 0.251 e. The molecule has 2 N–H and O–H groups in total. The van der Waals surface area contributed by atoms with E-state index in [1.54, 1.807) is 6.07 Å². The minimum Gasteiger partial charge on any atom is -0.489 e. The number of nitrogens with one attached hydrogen (secondary N) is 2. The van der Waals surface area contributed by atoms with Crippen LogP contribution in [-0.4, -0.2) is 50.1 Å². The summed E-state index contributed by atoms with van der Waals surface area (Å²) in [7, 11) is 0. The standard InChI is InChI=1S/C20H25N3O2/c24-20(22-11-14-23-12-9-21-10-13-23)18-7-4-8-19(15-18)25-16-17-5-2-1-3-6-17/h1-8,15,21H,9-14,16H2,(H,22,24). The molecular weight excluding hydrogens is 314 g/mol. The average molecular weight is 339 g/mol. The number of nitrogens with zero attached hydrogens (tertiary/aromatic N) is 1. The van der Waals surface area contributed by atoms with Crippen molar-refractivity contribution >= 4 is 5.91 Å². The van der Waals surface area contributed by atoms with E-state index in [0.717, 1.165) is 38.3 Å². The number of hydrogen-bond donors (Lipinski definition) is 2. The van der Waals surface area contributed by atoms with E-state index in [1.165, 1.54) is 0 Å². The van der Waals surface area contributed by atoms with Gasteiger partial charge in [-0.25, -0.2) is 0 Å². The van der Waals surface area contributed by atoms with Gasteiger partial charge in [0.1, 0.15) is 12.4 Å². The zero-order valence-electron chi connectivity index (χ0n) is 14.4. The van der Waals surface area contributed by atoms with Crippen molar-refractivity contribution in [1.82, 2.24) is 15.5 Å². The molecule has 0 spiro atoms. The SMILES string of the molecule is O=C(NCCN1CCNCC1)c1cccc(OCc2ccccc2)c1. The molecule has 5 heteroatoms. The minimum atomic E-state index is -0.0553. The van der Waals surface area contributed by atoms with Crippen LogP contribution in [0.2, 0.25) is 0 Å². The fraction of sp³-hybridized carbons (Fsp3) is 0.350. The lowest BCUT2D eigenvalue weighted by atomic mass is 10.2. The summed E-state index contributed by atoms with van der Waals surface area (Å²) in [4.78, 5) is 14.7. The third-order valence-corrected chi connectivity index (χ3v) is 4.27. The average Bonchev–Trinajstić information content (AvgIpc) is 2.68. The van der Waals surface area contributed by atoms with Gasteiger partial charge < -0.3 is 15.4 Å². The van der Waals surface area contributed by atoms with E-state index < -0.39 is 0 Å². The second-order valence-corrected chi connectivity index (χ2v) is 6.15. The molecule has 1 saturated heterocycles. The molecule has 5 nitrogen and oxygen atoms in total. The van der Waals surface area contributed by atoms with Crippen molar-refractivity contribution in [2.45, 2.75) is 6.61 Å². The first-order valence-corrected chi connectivity index (χ1v) is 8.79. The van der Waals surface area contributed by atoms with E-state index in [4.69, 9.17) is 4.74 Å². The largest absolute Gasteiger partial charge is 0.489 e. The molecule has 1 amide bonds. The first-order chi connectivity index (χ1) is 12.3. The van der Waals surface area contributed by atoms with E-state index >= 15 is 0 Å². The highest BCUT2D eigenvalue weighted by molar-refractivity contribution is 5.94. The molecule has 1 fully saturated rings. The van der Waals surface area contributed by atoms with Gasteiger partial charge in [0, 0.05) is 44.8 Å². The van der Waals surface area contributed by atoms with Crippen LogP contribution in [0.5, 0.6) is 5.75 Å². The molecule has 1 aliphatic rings. The molecule has 0 radical (unpaired) electrons. The topological polar surface area (TPSA) is 53.6 Å². The van der Waals surface area contributed by atoms with E-state index in [0.29, 0.717) is 24.5 Å². The number of carbonyl (C=O) groups is 1. The molecule has 0 unspecified atom stereocenters. The van der Waals surface area contributed by atoms with Gasteiger partial charge in [0.25, 0.3) is 5.91 Å². The van der Waals surface area contributed by atoms with Crippen LogP contribution in [0.4, 0.5) is 0 Å². The van der Waals surface area contributed by atoms with Crippen molar-refractivity contribution in [3.05, 3.63) is 65.7 Å². The molecule has 0 aromatic heterocycles. The second-order valence-electron chi connectivity index (χ2n) is 6.15. The van der Waals surface area contributed by atoms with Crippen LogP contribution in [0.25, 0.3) is 0 Å². The zero-order valence-corrected chi connectivity index (χ0v) is 14.4. The van der Waals surface area contributed by atoms with Crippen LogP contribution >= 0.6 is 0 Å². The summed E-state index contributed by atoms with van der Waals surface area (Å²) in [6.07, 6.45) is 0. The molecule has 25 heavy (non-hydrogen) atoms. The lowest BCUT2D eigenvalue weighted by Crippen LogP contribution is -2.46. The number of ether oxygens (including phenoxy) is 1. The molecule has 3 rings (SSSR count). The molecule has 132 valence electrons. The molecule has 2 aromatic rings. The summed E-state index contributed by atoms with van der Waals surface area (Å²) in [5.74, 6) is 0.652. The second kappa shape index (κ2) is 9.20. The quantitative estimate of drug-likeness (QED) is 0.809. The molecule has 1 heterocycles. The van der Waals surface area contributed by atoms with E-state index in [-0.39, 0.29) is 5.91 Å². The summed E-state index contributed by atoms with van der Waals surface area (Å²) in [5.41, 5.74) is 1.74. The van der Waals surface area contributed by atoms with Gasteiger partial charge in [-0.05, 0) is 23.8 Å². The van der Waals surface area contributed by atoms with Crippen LogP contribution in [0, 0.1) is 0 Å². The molecule has 0 atom stereocenters. The van der Waals surface area contributed by atoms with Gasteiger partial charge in [-0.1, -0.05) is 36.4 Å². The van der Waals surface area contributed by atoms with Crippen LogP contribution in [0.15, 0.2) is 54.6 Å². The van der Waals surface area contributed by atoms with Gasteiger partial charge in [-0.2, -0.15) is 0 Å². The van der Waals surface area contributed by atoms with Crippen molar-refractivity contribution in [1.29, 1.82) is 0 Å². The Balaban J connectivity index is 1.47. The number of benzene rings is 2. The predicted octanol–water partition coefficient (Wildman–Crippen LogP) is 1.90. The van der Waals surface area contributed by atoms with Gasteiger partial charge in [-0.3, -0.25) is 9.69 Å². The Hall–Kier alpha value is -2.37. The third-order valence-electron chi connectivity index (χ3n) is 4.27. The number of amides is 1. The van der Waals surface area contributed by atoms with Gasteiger partial charge >= 0.3 is 0 Å². The van der Waals surface area contributed by atoms with E-state index in [2.05, 4.69) is 15.5 Å². The minimum absolute atomic E-state index is 0.0553. The van der Waals surface area contributed by atoms with Crippen molar-refractivity contribution in [3.63, 3.8) is 0 Å². The van der Waals surface area contributed by atoms with E-state index in [1.807, 2.05) is 48.5 Å². The van der Waals surface area contributed by atoms with E-state index in [9.17, 15) is 4.79 Å². The Kier molecular flexibility index (Phi) is 6.42. The Morgan fingerprint density at radius 2 is 1.88 bits per heavy atom. The number of rotatable bonds is 7. The summed E-state index contributed by atoms with van der Waals surface area (Å²) < 4.78 is 5.79. The first kappa shape index (κ1) is 17.5. The third kappa shape index (κ3) is 5.59. The molecule has 2 aromatic carbocycles. The van der Waals surface area contributed by atoms with Gasteiger partial charge in [0.05, 0.1) is 0 Å². The number of hydrogen-bond acceptors (Lipinski definition) is 4. The van der Waals surface area contributed by atoms with Crippen molar-refractivity contribution in [3.8, 4) is 5.75 Å². The lowest BCUT2D eigenvalue weighted by Gasteiger charge is -2.27. The van der Waals surface area contributed by atoms with Gasteiger partial charge in [0.15, 0.2) is 0 Å². The molecule has 0 saturated carbocycles. The Morgan fingerprint density at radius 1 is 1.08 bits per heavy atom. The fourth-order valence-electron chi connectivity index (χ4n) is 2.83. The van der Waals surface area contributed by atoms with Crippen LogP contribution in [0.1, 0.15) is 15.9 Å². The first-order valence-electron chi connectivity index (χ1n) is 8.79. The Bertz CT molecular complexity index is 670. The predicted molar refractivity (Wildman–Crippen MR) is 98.9 cm³/mol. The monoisotopic (exact) mass is 339 g/mol. The normalized spacial score (nSPS) is 14.9. The van der Waals surface area contributed by atoms with Crippen LogP contribution in [0.3, 0.4) is 0 Å². The lowest BCUT2D eigenvalue weighted by molar-refractivity contribution is 0.0947. The Labute approximate surface area is 149 Å². The fourth-order valence-corrected chi connectivity index (χ4v) is 2.83. The number of carbonyl (C=O) groups excluding carboxylic acids is 1. The van der Waals surface area contributed by atoms with Crippen molar-refractivity contribution in [2.24, 2.45) is 0 Å². The molecule has 1 aliphatic heterocycles. The van der Waals surface area contributed by atoms with Gasteiger partial charge in [0.2, 0.25) is 0 Å². The van der Waals surface area contributed by atoms with Crippen LogP contribution in [-0.2, 0) is 6.61 Å². The maximum Gasteiger partial charge on any atom is 0.251 e. The zero-order chi connectivity index (χ0) is 17.3. The highest BCUT2D eigenvalue weighted by atomic mass is 16.5. The highest BCUT2D eigenvalue weighted by Crippen LogP contribution is 2.15. The summed E-state index contributed by atoms with van der Waals surface area (Å²) >= 11 is 0. The van der Waals surface area contributed by atoms with Gasteiger partial charge in [-0.15, -0.1) is 0 Å². The highest BCUT2D eigenvalue weighted by Gasteiger charge is 2.10. The maximum atomic E-state index is 12.3. The number of piperazine rings is 1. The van der Waals surface area contributed by atoms with Crippen molar-refractivity contribution in [2.75, 3.05) is 39.3 Å².